The number of unbranched alkanes of at least 4 members (excludes halogenated alkanes) is 16. The molecule has 2 fully saturated rings. The van der Waals surface area contributed by atoms with E-state index in [0.717, 1.165) is 51.4 Å². The quantitative estimate of drug-likeness (QED) is 0.0331. The smallest absolute Gasteiger partial charge is 0.220 e. The average molecular weight is 844 g/mol. The van der Waals surface area contributed by atoms with Crippen LogP contribution in [0, 0.1) is 0 Å². The molecular formula is C45H81NO13. The first-order valence-corrected chi connectivity index (χ1v) is 22.7. The highest BCUT2D eigenvalue weighted by Crippen LogP contribution is 2.30. The van der Waals surface area contributed by atoms with Crippen molar-refractivity contribution in [3.05, 3.63) is 36.5 Å². The first kappa shape index (κ1) is 53.3. The third kappa shape index (κ3) is 21.2. The zero-order valence-corrected chi connectivity index (χ0v) is 36.0. The molecule has 0 aromatic carbocycles. The Morgan fingerprint density at radius 1 is 0.593 bits per heavy atom. The molecule has 344 valence electrons. The maximum Gasteiger partial charge on any atom is 0.220 e. The van der Waals surface area contributed by atoms with Gasteiger partial charge in [-0.05, 0) is 44.9 Å². The van der Waals surface area contributed by atoms with Crippen LogP contribution in [0.5, 0.6) is 0 Å². The summed E-state index contributed by atoms with van der Waals surface area (Å²) in [6.45, 7) is 2.67. The van der Waals surface area contributed by atoms with Crippen LogP contribution in [0.3, 0.4) is 0 Å². The van der Waals surface area contributed by atoms with E-state index in [2.05, 4.69) is 43.5 Å². The second-order valence-electron chi connectivity index (χ2n) is 16.2. The van der Waals surface area contributed by atoms with Gasteiger partial charge in [-0.1, -0.05) is 134 Å². The van der Waals surface area contributed by atoms with Crippen molar-refractivity contribution in [2.24, 2.45) is 0 Å². The van der Waals surface area contributed by atoms with Gasteiger partial charge in [-0.25, -0.2) is 0 Å². The molecule has 12 unspecified atom stereocenters. The van der Waals surface area contributed by atoms with Crippen molar-refractivity contribution in [2.75, 3.05) is 19.8 Å². The van der Waals surface area contributed by atoms with E-state index in [4.69, 9.17) is 18.9 Å². The minimum Gasteiger partial charge on any atom is -0.394 e. The number of aliphatic hydroxyl groups is 8. The molecule has 14 nitrogen and oxygen atoms in total. The fourth-order valence-electron chi connectivity index (χ4n) is 7.26. The molecule has 2 aliphatic rings. The van der Waals surface area contributed by atoms with Crippen LogP contribution in [-0.4, -0.2) is 140 Å². The number of allylic oxidation sites excluding steroid dienone is 5. The maximum absolute atomic E-state index is 13.0. The Bertz CT molecular complexity index is 1140. The molecule has 0 bridgehead atoms. The molecule has 1 amide bonds. The standard InChI is InChI=1S/C45H81NO13/c1-3-5-7-9-11-12-13-14-15-16-17-18-19-20-21-23-24-26-28-34(49)33(46-37(50)29-27-25-22-10-8-6-4-2)32-56-44-42(55)40(53)43(36(31-48)58-44)59-45-41(54)39(52)38(51)35(30-47)57-45/h16-17,20-21,26,28,33-36,38-45,47-49,51-55H,3-15,18-19,22-25,27,29-32H2,1-2H3,(H,46,50)/b17-16+,21-20+,28-26+. The van der Waals surface area contributed by atoms with Gasteiger partial charge in [0, 0.05) is 6.42 Å². The normalized spacial score (nSPS) is 28.8. The molecule has 2 rings (SSSR count). The van der Waals surface area contributed by atoms with E-state index in [0.29, 0.717) is 12.8 Å². The van der Waals surface area contributed by atoms with Gasteiger partial charge in [0.2, 0.25) is 5.91 Å². The van der Waals surface area contributed by atoms with Crippen LogP contribution < -0.4 is 5.32 Å². The maximum atomic E-state index is 13.0. The largest absolute Gasteiger partial charge is 0.394 e. The molecule has 0 aliphatic carbocycles. The lowest BCUT2D eigenvalue weighted by Gasteiger charge is -2.46. The van der Waals surface area contributed by atoms with Crippen LogP contribution in [0.25, 0.3) is 0 Å². The summed E-state index contributed by atoms with van der Waals surface area (Å²) in [6.07, 6.45) is 18.0. The van der Waals surface area contributed by atoms with Crippen LogP contribution in [0.1, 0.15) is 149 Å². The molecule has 0 saturated carbocycles. The zero-order valence-electron chi connectivity index (χ0n) is 36.0. The third-order valence-electron chi connectivity index (χ3n) is 11.1. The third-order valence-corrected chi connectivity index (χ3v) is 11.1. The highest BCUT2D eigenvalue weighted by molar-refractivity contribution is 5.76. The van der Waals surface area contributed by atoms with E-state index >= 15 is 0 Å². The first-order valence-electron chi connectivity index (χ1n) is 22.7. The van der Waals surface area contributed by atoms with Crippen molar-refractivity contribution >= 4 is 5.91 Å². The molecule has 2 saturated heterocycles. The number of rotatable bonds is 33. The monoisotopic (exact) mass is 844 g/mol. The Hall–Kier alpha value is -1.79. The second kappa shape index (κ2) is 32.9. The Morgan fingerprint density at radius 2 is 1.08 bits per heavy atom. The van der Waals surface area contributed by atoms with Gasteiger partial charge in [0.25, 0.3) is 0 Å². The van der Waals surface area contributed by atoms with Gasteiger partial charge in [0.05, 0.1) is 32.0 Å². The van der Waals surface area contributed by atoms with E-state index in [9.17, 15) is 45.6 Å². The number of carbonyl (C=O) groups excluding carboxylic acids is 1. The number of amides is 1. The summed E-state index contributed by atoms with van der Waals surface area (Å²) in [5.74, 6) is -0.263. The summed E-state index contributed by atoms with van der Waals surface area (Å²) in [6, 6.07) is -0.931. The molecule has 12 atom stereocenters. The van der Waals surface area contributed by atoms with E-state index in [-0.39, 0.29) is 18.9 Å². The molecule has 0 aromatic rings. The first-order chi connectivity index (χ1) is 28.6. The number of aliphatic hydroxyl groups excluding tert-OH is 8. The van der Waals surface area contributed by atoms with Gasteiger partial charge in [-0.3, -0.25) is 4.79 Å². The minimum absolute atomic E-state index is 0.263. The number of ether oxygens (including phenoxy) is 4. The van der Waals surface area contributed by atoms with Gasteiger partial charge in [0.15, 0.2) is 12.6 Å². The van der Waals surface area contributed by atoms with E-state index in [1.54, 1.807) is 6.08 Å². The van der Waals surface area contributed by atoms with Crippen LogP contribution in [-0.2, 0) is 23.7 Å². The predicted octanol–water partition coefficient (Wildman–Crippen LogP) is 4.37. The lowest BCUT2D eigenvalue weighted by atomic mass is 9.97. The highest BCUT2D eigenvalue weighted by atomic mass is 16.7. The number of hydrogen-bond acceptors (Lipinski definition) is 13. The molecule has 14 heteroatoms. The highest BCUT2D eigenvalue weighted by Gasteiger charge is 2.50. The molecule has 0 radical (unpaired) electrons. The molecule has 59 heavy (non-hydrogen) atoms. The SMILES string of the molecule is CCCCCCCCCC/C=C/CC/C=C/CC/C=C/C(O)C(COC1OC(CO)C(OC2OC(CO)C(O)C(O)C2O)C(O)C1O)NC(=O)CCCCCCCCC. The average Bonchev–Trinajstić information content (AvgIpc) is 3.23. The lowest BCUT2D eigenvalue weighted by Crippen LogP contribution is -2.65. The van der Waals surface area contributed by atoms with Crippen LogP contribution in [0.2, 0.25) is 0 Å². The number of nitrogens with one attached hydrogen (secondary N) is 1. The summed E-state index contributed by atoms with van der Waals surface area (Å²) >= 11 is 0. The zero-order chi connectivity index (χ0) is 43.3. The number of hydrogen-bond donors (Lipinski definition) is 9. The molecule has 2 heterocycles. The topological polar surface area (TPSA) is 228 Å². The van der Waals surface area contributed by atoms with Crippen molar-refractivity contribution in [3.8, 4) is 0 Å². The number of carbonyl (C=O) groups is 1. The van der Waals surface area contributed by atoms with Crippen molar-refractivity contribution in [1.82, 2.24) is 5.32 Å². The molecular weight excluding hydrogens is 762 g/mol. The minimum atomic E-state index is -1.79. The predicted molar refractivity (Wildman–Crippen MR) is 226 cm³/mol. The second-order valence-corrected chi connectivity index (χ2v) is 16.2. The van der Waals surface area contributed by atoms with Crippen LogP contribution in [0.4, 0.5) is 0 Å². The molecule has 0 aromatic heterocycles. The Morgan fingerprint density at radius 3 is 1.66 bits per heavy atom. The van der Waals surface area contributed by atoms with Crippen LogP contribution in [0.15, 0.2) is 36.5 Å². The summed E-state index contributed by atoms with van der Waals surface area (Å²) in [5, 5.41) is 86.2. The summed E-state index contributed by atoms with van der Waals surface area (Å²) in [5.41, 5.74) is 0. The summed E-state index contributed by atoms with van der Waals surface area (Å²) < 4.78 is 22.5. The fraction of sp³-hybridized carbons (Fsp3) is 0.844. The summed E-state index contributed by atoms with van der Waals surface area (Å²) in [7, 11) is 0. The van der Waals surface area contributed by atoms with Crippen LogP contribution >= 0.6 is 0 Å². The Kier molecular flexibility index (Phi) is 29.7. The Labute approximate surface area is 353 Å². The molecule has 2 aliphatic heterocycles. The van der Waals surface area contributed by atoms with E-state index in [1.165, 1.54) is 64.2 Å². The van der Waals surface area contributed by atoms with Crippen molar-refractivity contribution in [3.63, 3.8) is 0 Å². The van der Waals surface area contributed by atoms with Gasteiger partial charge in [-0.2, -0.15) is 0 Å². The van der Waals surface area contributed by atoms with Gasteiger partial charge < -0.3 is 65.1 Å². The molecule has 0 spiro atoms. The molecule has 9 N–H and O–H groups in total. The Balaban J connectivity index is 1.89. The van der Waals surface area contributed by atoms with Crippen molar-refractivity contribution in [1.29, 1.82) is 0 Å². The van der Waals surface area contributed by atoms with Gasteiger partial charge >= 0.3 is 0 Å². The van der Waals surface area contributed by atoms with Crippen molar-refractivity contribution < 1.29 is 64.6 Å². The fourth-order valence-corrected chi connectivity index (χ4v) is 7.26. The van der Waals surface area contributed by atoms with E-state index in [1.807, 2.05) is 6.08 Å². The van der Waals surface area contributed by atoms with Gasteiger partial charge in [-0.15, -0.1) is 0 Å². The summed E-state index contributed by atoms with van der Waals surface area (Å²) in [4.78, 5) is 13.0. The van der Waals surface area contributed by atoms with E-state index < -0.39 is 86.8 Å². The lowest BCUT2D eigenvalue weighted by molar-refractivity contribution is -0.359. The van der Waals surface area contributed by atoms with Crippen molar-refractivity contribution in [2.45, 2.75) is 222 Å². The van der Waals surface area contributed by atoms with Gasteiger partial charge in [0.1, 0.15) is 48.8 Å².